The van der Waals surface area contributed by atoms with Crippen LogP contribution in [-0.4, -0.2) is 130 Å². The third kappa shape index (κ3) is 17.1. The average Bonchev–Trinajstić information content (AvgIpc) is 2.29. The van der Waals surface area contributed by atoms with Crippen molar-refractivity contribution in [3.05, 3.63) is 218 Å². The van der Waals surface area contributed by atoms with E-state index in [-0.39, 0.29) is 17.1 Å². The summed E-state index contributed by atoms with van der Waals surface area (Å²) in [4.78, 5) is 118. The maximum Gasteiger partial charge on any atom is 2.00 e. The number of aromatic nitrogens is 10. The molecule has 0 saturated carbocycles. The average molecular weight is 1280 g/mol. The Morgan fingerprint density at radius 2 is 0.549 bits per heavy atom. The van der Waals surface area contributed by atoms with E-state index in [1.807, 2.05) is 133 Å². The number of nitro benzene ring substituents is 6. The molecule has 6 aromatic carbocycles. The zero-order valence-electron chi connectivity index (χ0n) is 47.3. The van der Waals surface area contributed by atoms with Crippen LogP contribution in [0, 0.1) is 60.7 Å². The molecule has 0 bridgehead atoms. The van der Waals surface area contributed by atoms with E-state index in [4.69, 9.17) is 9.97 Å². The fraction of sp³-hybridized carbons (Fsp3) is 0.0714. The van der Waals surface area contributed by atoms with Gasteiger partial charge in [-0.1, -0.05) is 60.7 Å². The van der Waals surface area contributed by atoms with Gasteiger partial charge in [0.05, 0.1) is 109 Å². The van der Waals surface area contributed by atoms with Gasteiger partial charge in [-0.05, 0) is 72.8 Å². The summed E-state index contributed by atoms with van der Waals surface area (Å²) in [5, 5.41) is 84.2. The van der Waals surface area contributed by atoms with Gasteiger partial charge in [-0.25, -0.2) is 29.9 Å². The molecule has 2 amide bonds. The minimum absolute atomic E-state index is 0. The van der Waals surface area contributed by atoms with Gasteiger partial charge in [0, 0.05) is 28.2 Å². The van der Waals surface area contributed by atoms with E-state index < -0.39 is 75.2 Å². The summed E-state index contributed by atoms with van der Waals surface area (Å²) in [6, 6.07) is 45.1. The summed E-state index contributed by atoms with van der Waals surface area (Å²) >= 11 is 0. The van der Waals surface area contributed by atoms with Gasteiger partial charge in [-0.3, -0.25) is 70.3 Å². The van der Waals surface area contributed by atoms with Crippen molar-refractivity contribution in [2.24, 2.45) is 0 Å². The standard InChI is InChI=1S/2C19H13N5.2C6H3N3O7.2C3H7NO.Mn/c2*1-2-7-13-12(6-1)21-18(22-13)16-10-5-11-17(20-16)19-23-14-8-3-4-9-15(14)24-19;2*10-6-4(8(13)14)1-3(7(11)12)2-5(6)9(15)16;2*1-4(2)3-5;/h2*1-11H,(H,21,22)(H,23,24);2*1-2,10H;2*3H,1-2H3;/q;;;;;;+2/p-2. The monoisotopic (exact) mass is 1280 g/mol. The van der Waals surface area contributed by atoms with Gasteiger partial charge in [-0.15, -0.1) is 0 Å². The Balaban J connectivity index is 0.000000186. The van der Waals surface area contributed by atoms with Crippen molar-refractivity contribution < 1.29 is 66.4 Å². The minimum Gasteiger partial charge on any atom is -0.863 e. The summed E-state index contributed by atoms with van der Waals surface area (Å²) < 4.78 is 0. The molecule has 35 heteroatoms. The van der Waals surface area contributed by atoms with Crippen molar-refractivity contribution in [1.82, 2.24) is 59.6 Å². The van der Waals surface area contributed by atoms with Crippen LogP contribution in [0.25, 0.3) is 90.2 Å². The molecule has 0 aliphatic carbocycles. The molecule has 34 nitrogen and oxygen atoms in total. The fourth-order valence-corrected chi connectivity index (χ4v) is 7.61. The van der Waals surface area contributed by atoms with Crippen molar-refractivity contribution in [2.75, 3.05) is 28.2 Å². The van der Waals surface area contributed by atoms with Crippen LogP contribution in [0.15, 0.2) is 158 Å². The van der Waals surface area contributed by atoms with Crippen LogP contribution >= 0.6 is 0 Å². The van der Waals surface area contributed by atoms with Crippen LogP contribution in [0.2, 0.25) is 0 Å². The van der Waals surface area contributed by atoms with Gasteiger partial charge in [0.25, 0.3) is 34.1 Å². The fourth-order valence-electron chi connectivity index (χ4n) is 7.61. The Morgan fingerprint density at radius 1 is 0.341 bits per heavy atom. The first-order valence-electron chi connectivity index (χ1n) is 25.5. The normalized spacial score (nSPS) is 10.2. The number of aromatic amines is 4. The van der Waals surface area contributed by atoms with Gasteiger partial charge < -0.3 is 39.9 Å². The van der Waals surface area contributed by atoms with Crippen LogP contribution in [-0.2, 0) is 26.7 Å². The number of nitrogens with zero attached hydrogens (tertiary/aromatic N) is 14. The molecular formula is C56H44MnN18O16. The molecule has 12 rings (SSSR count). The number of hydrogen-bond donors (Lipinski definition) is 4. The summed E-state index contributed by atoms with van der Waals surface area (Å²) in [6.07, 6.45) is 1.50. The SMILES string of the molecule is CN(C)C=O.CN(C)C=O.O=[N+]([O-])c1cc([N+](=O)[O-])c([O-])c([N+](=O)[O-])c1.O=[N+]([O-])c1cc([N+](=O)[O-])c([O-])c([N+](=O)[O-])c1.[Mn+2].c1cc(-c2nc3ccccc3[nH]2)nc(-c2nc3ccccc3[nH]2)c1.c1cc(-c2nc3ccccc3[nH]2)nc(-c2nc3ccccc3[nH]2)c1. The number of pyridine rings is 2. The van der Waals surface area contributed by atoms with Crippen molar-refractivity contribution in [3.8, 4) is 57.6 Å². The van der Waals surface area contributed by atoms with Gasteiger partial charge in [0.2, 0.25) is 12.8 Å². The largest absolute Gasteiger partial charge is 2.00 e. The minimum atomic E-state index is -1.46. The number of carbonyl (C=O) groups is 2. The van der Waals surface area contributed by atoms with Crippen LogP contribution < -0.4 is 10.2 Å². The predicted octanol–water partition coefficient (Wildman–Crippen LogP) is 8.71. The zero-order chi connectivity index (χ0) is 65.3. The van der Waals surface area contributed by atoms with Crippen LogP contribution in [0.5, 0.6) is 11.5 Å². The number of hydrogen-bond acceptors (Lipinski definition) is 22. The van der Waals surface area contributed by atoms with E-state index in [2.05, 4.69) is 39.9 Å². The molecule has 0 aliphatic rings. The number of nitro groups is 6. The van der Waals surface area contributed by atoms with Gasteiger partial charge in [0.15, 0.2) is 23.3 Å². The molecule has 1 radical (unpaired) electrons. The van der Waals surface area contributed by atoms with E-state index in [0.29, 0.717) is 24.3 Å². The Morgan fingerprint density at radius 3 is 0.725 bits per heavy atom. The second kappa shape index (κ2) is 30.3. The maximum absolute atomic E-state index is 11.1. The molecule has 0 atom stereocenters. The number of para-hydroxylation sites is 8. The molecule has 0 spiro atoms. The predicted molar refractivity (Wildman–Crippen MR) is 320 cm³/mol. The molecule has 0 saturated heterocycles. The summed E-state index contributed by atoms with van der Waals surface area (Å²) in [6.45, 7) is 0. The number of benzene rings is 6. The number of non-ortho nitro benzene ring substituents is 2. The Kier molecular flexibility index (Phi) is 22.4. The maximum atomic E-state index is 11.1. The van der Waals surface area contributed by atoms with E-state index in [1.165, 1.54) is 9.80 Å². The molecule has 12 aromatic rings. The molecule has 461 valence electrons. The van der Waals surface area contributed by atoms with Crippen molar-refractivity contribution in [2.45, 2.75) is 0 Å². The second-order valence-electron chi connectivity index (χ2n) is 18.5. The van der Waals surface area contributed by atoms with Crippen LogP contribution in [0.4, 0.5) is 34.1 Å². The summed E-state index contributed by atoms with van der Waals surface area (Å²) in [5.41, 5.74) is 4.40. The van der Waals surface area contributed by atoms with E-state index in [0.717, 1.165) is 103 Å². The Hall–Kier alpha value is -13.0. The molecule has 6 aromatic heterocycles. The van der Waals surface area contributed by atoms with Crippen LogP contribution in [0.1, 0.15) is 0 Å². The number of rotatable bonds is 12. The Labute approximate surface area is 519 Å². The molecular weight excluding hydrogens is 1240 g/mol. The Bertz CT molecular complexity index is 3990. The number of amides is 2. The topological polar surface area (TPSA) is 486 Å². The van der Waals surface area contributed by atoms with E-state index in [1.54, 1.807) is 28.2 Å². The zero-order valence-corrected chi connectivity index (χ0v) is 48.5. The molecule has 0 aliphatic heterocycles. The van der Waals surface area contributed by atoms with E-state index >= 15 is 0 Å². The van der Waals surface area contributed by atoms with Crippen molar-refractivity contribution >= 4 is 91.1 Å². The third-order valence-electron chi connectivity index (χ3n) is 11.7. The summed E-state index contributed by atoms with van der Waals surface area (Å²) in [7, 11) is 6.75. The summed E-state index contributed by atoms with van der Waals surface area (Å²) in [5.74, 6) is 0.118. The molecule has 0 fully saturated rings. The van der Waals surface area contributed by atoms with Gasteiger partial charge >= 0.3 is 17.1 Å². The van der Waals surface area contributed by atoms with Crippen molar-refractivity contribution in [1.29, 1.82) is 0 Å². The smallest absolute Gasteiger partial charge is 0.863 e. The number of fused-ring (bicyclic) bond motifs is 4. The molecule has 0 unspecified atom stereocenters. The van der Waals surface area contributed by atoms with Crippen molar-refractivity contribution in [3.63, 3.8) is 0 Å². The van der Waals surface area contributed by atoms with E-state index in [9.17, 15) is 80.5 Å². The van der Waals surface area contributed by atoms with Crippen LogP contribution in [0.3, 0.4) is 0 Å². The van der Waals surface area contributed by atoms with Gasteiger partial charge in [-0.2, -0.15) is 0 Å². The van der Waals surface area contributed by atoms with Gasteiger partial charge in [0.1, 0.15) is 22.8 Å². The quantitative estimate of drug-likeness (QED) is 0.0384. The first-order chi connectivity index (χ1) is 43.0. The molecule has 6 heterocycles. The second-order valence-corrected chi connectivity index (χ2v) is 18.5. The molecule has 91 heavy (non-hydrogen) atoms. The number of nitrogens with one attached hydrogen (secondary N) is 4. The first-order valence-corrected chi connectivity index (χ1v) is 25.5. The number of carbonyl (C=O) groups excluding carboxylic acids is 2. The number of imidazole rings is 4. The molecule has 4 N–H and O–H groups in total. The first kappa shape index (κ1) is 67.1. The third-order valence-corrected chi connectivity index (χ3v) is 11.7. The number of H-pyrrole nitrogens is 4.